The van der Waals surface area contributed by atoms with Crippen LogP contribution < -0.4 is 8.37 Å². The molecule has 0 bridgehead atoms. The van der Waals surface area contributed by atoms with Crippen LogP contribution >= 0.6 is 25.8 Å². The Labute approximate surface area is 70.4 Å². The Hall–Kier alpha value is -0.480. The van der Waals surface area contributed by atoms with Gasteiger partial charge in [0.25, 0.3) is 0 Å². The van der Waals surface area contributed by atoms with Crippen LogP contribution in [-0.2, 0) is 0 Å². The van der Waals surface area contributed by atoms with E-state index >= 15 is 0 Å². The third-order valence-electron chi connectivity index (χ3n) is 0.985. The smallest absolute Gasteiger partial charge is 0.181 e. The molecule has 0 heterocycles. The van der Waals surface area contributed by atoms with E-state index in [1.54, 1.807) is 18.2 Å². The maximum atomic E-state index is 4.64. The van der Waals surface area contributed by atoms with Crippen molar-refractivity contribution in [1.82, 2.24) is 0 Å². The van der Waals surface area contributed by atoms with Crippen molar-refractivity contribution in [1.29, 1.82) is 0 Å². The Kier molecular flexibility index (Phi) is 2.77. The molecule has 4 heteroatoms. The lowest BCUT2D eigenvalue weighted by molar-refractivity contribution is 0.581. The van der Waals surface area contributed by atoms with Crippen molar-refractivity contribution < 1.29 is 8.37 Å². The van der Waals surface area contributed by atoms with Crippen LogP contribution in [0.4, 0.5) is 0 Å². The zero-order valence-electron chi connectivity index (χ0n) is 4.94. The van der Waals surface area contributed by atoms with Crippen LogP contribution in [0.2, 0.25) is 0 Å². The van der Waals surface area contributed by atoms with E-state index in [4.69, 9.17) is 0 Å². The largest absolute Gasteiger partial charge is 0.425 e. The van der Waals surface area contributed by atoms with Crippen molar-refractivity contribution in [3.8, 4) is 11.5 Å². The van der Waals surface area contributed by atoms with Gasteiger partial charge in [-0.1, -0.05) is 6.07 Å². The molecule has 1 aromatic rings. The predicted molar refractivity (Wildman–Crippen MR) is 44.5 cm³/mol. The van der Waals surface area contributed by atoms with E-state index in [1.807, 2.05) is 0 Å². The van der Waals surface area contributed by atoms with Gasteiger partial charge in [0.1, 0.15) is 0 Å². The van der Waals surface area contributed by atoms with E-state index in [1.165, 1.54) is 0 Å². The average molecular weight is 173 g/mol. The molecule has 1 aromatic carbocycles. The van der Waals surface area contributed by atoms with Crippen molar-refractivity contribution in [2.75, 3.05) is 0 Å². The van der Waals surface area contributed by atoms with Crippen molar-refractivity contribution >= 4 is 25.8 Å². The maximum Gasteiger partial charge on any atom is 0.181 e. The molecule has 0 aliphatic carbocycles. The molecule has 1 rings (SSSR count). The highest BCUT2D eigenvalue weighted by Gasteiger charge is 1.99. The second-order valence-electron chi connectivity index (χ2n) is 1.56. The standard InChI is InChI=1S/C6H5O2S2/c9-7-5-3-1-2-4-6(5)8-10/h1,3-4,9-10H. The van der Waals surface area contributed by atoms with Gasteiger partial charge in [0.15, 0.2) is 11.5 Å². The maximum absolute atomic E-state index is 4.64. The summed E-state index contributed by atoms with van der Waals surface area (Å²) >= 11 is 7.21. The van der Waals surface area contributed by atoms with Crippen LogP contribution in [0.5, 0.6) is 11.5 Å². The topological polar surface area (TPSA) is 18.5 Å². The molecule has 10 heavy (non-hydrogen) atoms. The lowest BCUT2D eigenvalue weighted by atomic mass is 10.3. The van der Waals surface area contributed by atoms with E-state index < -0.39 is 0 Å². The van der Waals surface area contributed by atoms with Crippen LogP contribution in [0.25, 0.3) is 0 Å². The van der Waals surface area contributed by atoms with Crippen molar-refractivity contribution in [3.05, 3.63) is 24.3 Å². The molecule has 0 atom stereocenters. The Morgan fingerprint density at radius 2 is 1.90 bits per heavy atom. The summed E-state index contributed by atoms with van der Waals surface area (Å²) in [5, 5.41) is 0. The predicted octanol–water partition coefficient (Wildman–Crippen LogP) is 1.93. The van der Waals surface area contributed by atoms with Gasteiger partial charge < -0.3 is 8.37 Å². The van der Waals surface area contributed by atoms with Gasteiger partial charge in [0.2, 0.25) is 0 Å². The monoisotopic (exact) mass is 173 g/mol. The number of thiol groups is 2. The zero-order valence-corrected chi connectivity index (χ0v) is 6.73. The van der Waals surface area contributed by atoms with Crippen LogP contribution in [0.1, 0.15) is 0 Å². The molecular formula is C6H5O2S2. The first-order chi connectivity index (χ1) is 4.88. The van der Waals surface area contributed by atoms with E-state index in [0.29, 0.717) is 11.5 Å². The van der Waals surface area contributed by atoms with Crippen LogP contribution in [-0.4, -0.2) is 0 Å². The molecule has 0 aliphatic rings. The van der Waals surface area contributed by atoms with Gasteiger partial charge in [-0.2, -0.15) is 0 Å². The molecule has 2 nitrogen and oxygen atoms in total. The van der Waals surface area contributed by atoms with Gasteiger partial charge in [0, 0.05) is 25.8 Å². The Morgan fingerprint density at radius 3 is 2.40 bits per heavy atom. The number of rotatable bonds is 2. The van der Waals surface area contributed by atoms with Gasteiger partial charge in [-0.25, -0.2) is 0 Å². The molecule has 0 aromatic heterocycles. The minimum atomic E-state index is 0.501. The third-order valence-corrected chi connectivity index (χ3v) is 1.38. The second-order valence-corrected chi connectivity index (χ2v) is 1.92. The van der Waals surface area contributed by atoms with Crippen molar-refractivity contribution in [2.45, 2.75) is 0 Å². The van der Waals surface area contributed by atoms with Gasteiger partial charge >= 0.3 is 0 Å². The highest BCUT2D eigenvalue weighted by atomic mass is 32.1. The summed E-state index contributed by atoms with van der Waals surface area (Å²) in [6.45, 7) is 0. The molecule has 0 amide bonds. The van der Waals surface area contributed by atoms with E-state index in [2.05, 4.69) is 40.3 Å². The molecule has 0 aliphatic heterocycles. The van der Waals surface area contributed by atoms with Crippen molar-refractivity contribution in [2.24, 2.45) is 0 Å². The Bertz CT molecular complexity index is 192. The Morgan fingerprint density at radius 1 is 1.20 bits per heavy atom. The van der Waals surface area contributed by atoms with Gasteiger partial charge in [-0.15, -0.1) is 0 Å². The molecular weight excluding hydrogens is 168 g/mol. The van der Waals surface area contributed by atoms with Crippen LogP contribution in [0.15, 0.2) is 18.2 Å². The first kappa shape index (κ1) is 7.63. The molecule has 0 saturated carbocycles. The summed E-state index contributed by atoms with van der Waals surface area (Å²) in [4.78, 5) is 0. The summed E-state index contributed by atoms with van der Waals surface area (Å²) in [5.41, 5.74) is 0. The molecule has 53 valence electrons. The fourth-order valence-electron chi connectivity index (χ4n) is 0.548. The number of benzene rings is 1. The Balaban J connectivity index is 2.96. The highest BCUT2D eigenvalue weighted by Crippen LogP contribution is 2.27. The molecule has 0 spiro atoms. The lowest BCUT2D eigenvalue weighted by Crippen LogP contribution is -1.80. The van der Waals surface area contributed by atoms with Crippen LogP contribution in [0, 0.1) is 6.07 Å². The van der Waals surface area contributed by atoms with Crippen molar-refractivity contribution in [3.63, 3.8) is 0 Å². The van der Waals surface area contributed by atoms with Gasteiger partial charge in [-0.3, -0.25) is 0 Å². The highest BCUT2D eigenvalue weighted by molar-refractivity contribution is 7.75. The first-order valence-corrected chi connectivity index (χ1v) is 3.24. The lowest BCUT2D eigenvalue weighted by Gasteiger charge is -2.01. The fourth-order valence-corrected chi connectivity index (χ4v) is 0.841. The fraction of sp³-hybridized carbons (Fsp3) is 0. The summed E-state index contributed by atoms with van der Waals surface area (Å²) in [7, 11) is 0. The minimum Gasteiger partial charge on any atom is -0.425 e. The van der Waals surface area contributed by atoms with E-state index in [9.17, 15) is 0 Å². The third kappa shape index (κ3) is 1.52. The minimum absolute atomic E-state index is 0.501. The summed E-state index contributed by atoms with van der Waals surface area (Å²) in [6, 6.07) is 7.78. The molecule has 0 unspecified atom stereocenters. The molecule has 1 radical (unpaired) electrons. The molecule has 0 fully saturated rings. The number of hydrogen-bond donors (Lipinski definition) is 2. The van der Waals surface area contributed by atoms with Gasteiger partial charge in [0.05, 0.1) is 0 Å². The summed E-state index contributed by atoms with van der Waals surface area (Å²) in [6.07, 6.45) is 0. The van der Waals surface area contributed by atoms with E-state index in [-0.39, 0.29) is 0 Å². The zero-order chi connectivity index (χ0) is 7.40. The molecule has 0 saturated heterocycles. The first-order valence-electron chi connectivity index (χ1n) is 2.51. The van der Waals surface area contributed by atoms with E-state index in [0.717, 1.165) is 0 Å². The SMILES string of the molecule is SOc1c[c]ccc1OS. The van der Waals surface area contributed by atoms with Crippen LogP contribution in [0.3, 0.4) is 0 Å². The quantitative estimate of drug-likeness (QED) is 0.526. The summed E-state index contributed by atoms with van der Waals surface area (Å²) in [5.74, 6) is 1.03. The molecule has 0 N–H and O–H groups in total. The normalized spacial score (nSPS) is 9.00. The number of hydrogen-bond acceptors (Lipinski definition) is 4. The summed E-state index contributed by atoms with van der Waals surface area (Å²) < 4.78 is 9.26. The average Bonchev–Trinajstić information content (AvgIpc) is 2.04. The van der Waals surface area contributed by atoms with Gasteiger partial charge in [-0.05, 0) is 18.2 Å². The second kappa shape index (κ2) is 3.63.